The molecule has 0 spiro atoms. The SMILES string of the molecule is CC(C)C(=O)COCCOCCOCCOCCNC(=O)OCc1ccccc1. The van der Waals surface area contributed by atoms with Crippen molar-refractivity contribution in [1.29, 1.82) is 0 Å². The van der Waals surface area contributed by atoms with E-state index < -0.39 is 6.09 Å². The zero-order valence-corrected chi connectivity index (χ0v) is 17.4. The summed E-state index contributed by atoms with van der Waals surface area (Å²) in [5.41, 5.74) is 0.939. The van der Waals surface area contributed by atoms with Crippen molar-refractivity contribution < 1.29 is 33.3 Å². The quantitative estimate of drug-likeness (QED) is 0.393. The molecule has 0 aromatic heterocycles. The Labute approximate surface area is 172 Å². The first-order chi connectivity index (χ1) is 14.1. The summed E-state index contributed by atoms with van der Waals surface area (Å²) in [5, 5.41) is 2.62. The van der Waals surface area contributed by atoms with Crippen molar-refractivity contribution in [2.45, 2.75) is 20.5 Å². The van der Waals surface area contributed by atoms with Gasteiger partial charge in [-0.05, 0) is 5.56 Å². The van der Waals surface area contributed by atoms with Crippen molar-refractivity contribution in [2.75, 3.05) is 59.4 Å². The van der Waals surface area contributed by atoms with Crippen LogP contribution in [0.2, 0.25) is 0 Å². The Balaban J connectivity index is 1.79. The number of rotatable bonds is 17. The van der Waals surface area contributed by atoms with Gasteiger partial charge in [-0.15, -0.1) is 0 Å². The third kappa shape index (κ3) is 14.6. The summed E-state index contributed by atoms with van der Waals surface area (Å²) >= 11 is 0. The maximum Gasteiger partial charge on any atom is 0.407 e. The van der Waals surface area contributed by atoms with Gasteiger partial charge >= 0.3 is 6.09 Å². The number of benzene rings is 1. The predicted molar refractivity (Wildman–Crippen MR) is 108 cm³/mol. The number of ketones is 1. The fourth-order valence-corrected chi connectivity index (χ4v) is 2.00. The van der Waals surface area contributed by atoms with Gasteiger partial charge in [-0.2, -0.15) is 0 Å². The van der Waals surface area contributed by atoms with Crippen LogP contribution in [-0.4, -0.2) is 71.3 Å². The van der Waals surface area contributed by atoms with E-state index in [0.29, 0.717) is 52.8 Å². The first-order valence-electron chi connectivity index (χ1n) is 9.88. The first kappa shape index (κ1) is 25.0. The van der Waals surface area contributed by atoms with Crippen LogP contribution in [-0.2, 0) is 35.1 Å². The molecule has 1 aromatic rings. The molecule has 0 atom stereocenters. The average Bonchev–Trinajstić information content (AvgIpc) is 2.73. The Hall–Kier alpha value is -2.00. The highest BCUT2D eigenvalue weighted by atomic mass is 16.6. The maximum atomic E-state index is 11.5. The van der Waals surface area contributed by atoms with E-state index in [1.54, 1.807) is 0 Å². The summed E-state index contributed by atoms with van der Waals surface area (Å²) in [6, 6.07) is 9.49. The van der Waals surface area contributed by atoms with Gasteiger partial charge in [-0.3, -0.25) is 4.79 Å². The van der Waals surface area contributed by atoms with E-state index >= 15 is 0 Å². The minimum atomic E-state index is -0.469. The molecule has 1 rings (SSSR count). The third-order valence-electron chi connectivity index (χ3n) is 3.73. The second-order valence-corrected chi connectivity index (χ2v) is 6.50. The second kappa shape index (κ2) is 16.9. The lowest BCUT2D eigenvalue weighted by atomic mass is 10.1. The van der Waals surface area contributed by atoms with E-state index in [1.807, 2.05) is 44.2 Å². The monoisotopic (exact) mass is 411 g/mol. The van der Waals surface area contributed by atoms with Crippen molar-refractivity contribution in [2.24, 2.45) is 5.92 Å². The minimum Gasteiger partial charge on any atom is -0.445 e. The number of carbonyl (C=O) groups excluding carboxylic acids is 2. The standard InChI is InChI=1S/C21H33NO7/c1-18(2)20(23)17-28-15-14-27-13-12-26-11-10-25-9-8-22-21(24)29-16-19-6-4-3-5-7-19/h3-7,18H,8-17H2,1-2H3,(H,22,24). The Kier molecular flexibility index (Phi) is 14.6. The van der Waals surface area contributed by atoms with Gasteiger partial charge in [0.05, 0.1) is 46.2 Å². The smallest absolute Gasteiger partial charge is 0.407 e. The number of nitrogens with one attached hydrogen (secondary N) is 1. The van der Waals surface area contributed by atoms with Crippen LogP contribution in [0.3, 0.4) is 0 Å². The van der Waals surface area contributed by atoms with Crippen LogP contribution in [0.1, 0.15) is 19.4 Å². The topological polar surface area (TPSA) is 92.3 Å². The summed E-state index contributed by atoms with van der Waals surface area (Å²) in [4.78, 5) is 22.9. The summed E-state index contributed by atoms with van der Waals surface area (Å²) in [6.45, 7) is 7.43. The summed E-state index contributed by atoms with van der Waals surface area (Å²) < 4.78 is 26.4. The lowest BCUT2D eigenvalue weighted by Crippen LogP contribution is -2.28. The van der Waals surface area contributed by atoms with Crippen LogP contribution in [0.5, 0.6) is 0 Å². The molecule has 0 bridgehead atoms. The van der Waals surface area contributed by atoms with E-state index in [9.17, 15) is 9.59 Å². The number of hydrogen-bond acceptors (Lipinski definition) is 7. The molecule has 0 fully saturated rings. The van der Waals surface area contributed by atoms with Gasteiger partial charge in [0.25, 0.3) is 0 Å². The van der Waals surface area contributed by atoms with Gasteiger partial charge in [-0.1, -0.05) is 44.2 Å². The van der Waals surface area contributed by atoms with E-state index in [2.05, 4.69) is 5.32 Å². The molecule has 0 aliphatic rings. The third-order valence-corrected chi connectivity index (χ3v) is 3.73. The van der Waals surface area contributed by atoms with E-state index in [1.165, 1.54) is 0 Å². The number of hydrogen-bond donors (Lipinski definition) is 1. The van der Waals surface area contributed by atoms with Gasteiger partial charge < -0.3 is 29.0 Å². The van der Waals surface area contributed by atoms with Gasteiger partial charge in [0, 0.05) is 12.5 Å². The highest BCUT2D eigenvalue weighted by Crippen LogP contribution is 2.00. The molecule has 0 aliphatic heterocycles. The van der Waals surface area contributed by atoms with Gasteiger partial charge in [0.15, 0.2) is 5.78 Å². The molecule has 8 nitrogen and oxygen atoms in total. The molecule has 29 heavy (non-hydrogen) atoms. The van der Waals surface area contributed by atoms with Gasteiger partial charge in [-0.25, -0.2) is 4.79 Å². The Morgan fingerprint density at radius 2 is 1.38 bits per heavy atom. The molecule has 1 aromatic carbocycles. The van der Waals surface area contributed by atoms with Crippen molar-refractivity contribution in [3.8, 4) is 0 Å². The van der Waals surface area contributed by atoms with E-state index in [4.69, 9.17) is 23.7 Å². The molecule has 0 saturated carbocycles. The number of ether oxygens (including phenoxy) is 5. The molecule has 0 aliphatic carbocycles. The highest BCUT2D eigenvalue weighted by Gasteiger charge is 2.06. The van der Waals surface area contributed by atoms with Crippen molar-refractivity contribution in [3.63, 3.8) is 0 Å². The summed E-state index contributed by atoms with van der Waals surface area (Å²) in [7, 11) is 0. The highest BCUT2D eigenvalue weighted by molar-refractivity contribution is 5.81. The molecule has 1 N–H and O–H groups in total. The molecule has 0 saturated heterocycles. The summed E-state index contributed by atoms with van der Waals surface area (Å²) in [5.74, 6) is 0.0865. The lowest BCUT2D eigenvalue weighted by molar-refractivity contribution is -0.127. The fraction of sp³-hybridized carbons (Fsp3) is 0.619. The molecule has 8 heteroatoms. The van der Waals surface area contributed by atoms with Crippen LogP contribution >= 0.6 is 0 Å². The molecule has 1 amide bonds. The van der Waals surface area contributed by atoms with Crippen molar-refractivity contribution in [1.82, 2.24) is 5.32 Å². The van der Waals surface area contributed by atoms with Crippen LogP contribution in [0.25, 0.3) is 0 Å². The fourth-order valence-electron chi connectivity index (χ4n) is 2.00. The van der Waals surface area contributed by atoms with Crippen LogP contribution < -0.4 is 5.32 Å². The molecular formula is C21H33NO7. The normalized spacial score (nSPS) is 10.9. The van der Waals surface area contributed by atoms with Gasteiger partial charge in [0.1, 0.15) is 13.2 Å². The second-order valence-electron chi connectivity index (χ2n) is 6.50. The Bertz CT molecular complexity index is 551. The van der Waals surface area contributed by atoms with Gasteiger partial charge in [0.2, 0.25) is 0 Å². The average molecular weight is 411 g/mol. The number of alkyl carbamates (subject to hydrolysis) is 1. The van der Waals surface area contributed by atoms with Crippen molar-refractivity contribution in [3.05, 3.63) is 35.9 Å². The van der Waals surface area contributed by atoms with E-state index in [-0.39, 0.29) is 24.9 Å². The Morgan fingerprint density at radius 1 is 0.828 bits per heavy atom. The minimum absolute atomic E-state index is 0.00391. The van der Waals surface area contributed by atoms with Crippen LogP contribution in [0, 0.1) is 5.92 Å². The van der Waals surface area contributed by atoms with E-state index in [0.717, 1.165) is 5.56 Å². The van der Waals surface area contributed by atoms with Crippen LogP contribution in [0.15, 0.2) is 30.3 Å². The predicted octanol–water partition coefficient (Wildman–Crippen LogP) is 2.20. The molecule has 0 radical (unpaired) electrons. The largest absolute Gasteiger partial charge is 0.445 e. The number of Topliss-reactive ketones (excluding diaryl/α,β-unsaturated/α-hetero) is 1. The molecular weight excluding hydrogens is 378 g/mol. The molecule has 0 unspecified atom stereocenters. The summed E-state index contributed by atoms with van der Waals surface area (Å²) in [6.07, 6.45) is -0.469. The van der Waals surface area contributed by atoms with Crippen LogP contribution in [0.4, 0.5) is 4.79 Å². The number of carbonyl (C=O) groups is 2. The zero-order chi connectivity index (χ0) is 21.2. The molecule has 164 valence electrons. The maximum absolute atomic E-state index is 11.5. The Morgan fingerprint density at radius 3 is 1.97 bits per heavy atom. The molecule has 0 heterocycles. The lowest BCUT2D eigenvalue weighted by Gasteiger charge is -2.09. The first-order valence-corrected chi connectivity index (χ1v) is 9.88. The number of amides is 1. The zero-order valence-electron chi connectivity index (χ0n) is 17.4. The van der Waals surface area contributed by atoms with Crippen molar-refractivity contribution >= 4 is 11.9 Å².